The lowest BCUT2D eigenvalue weighted by molar-refractivity contribution is -0.204. The Morgan fingerprint density at radius 1 is 1.17 bits per heavy atom. The molecule has 24 heavy (non-hydrogen) atoms. The molecular weight excluding hydrogens is 326 g/mol. The third-order valence-corrected chi connectivity index (χ3v) is 2.93. The number of aliphatic imine (C=N–C) groups is 1. The van der Waals surface area contributed by atoms with Gasteiger partial charge in [0.25, 0.3) is 0 Å². The highest BCUT2D eigenvalue weighted by molar-refractivity contribution is 5.67. The maximum Gasteiger partial charge on any atom is 0.303 e. The number of ether oxygens (including phenoxy) is 3. The predicted octanol–water partition coefficient (Wildman–Crippen LogP) is 0.900. The van der Waals surface area contributed by atoms with E-state index in [2.05, 4.69) is 25.0 Å². The van der Waals surface area contributed by atoms with Gasteiger partial charge in [0.05, 0.1) is 6.54 Å². The number of nitrogens with zero attached hydrogens (tertiary/aromatic N) is 7. The van der Waals surface area contributed by atoms with Crippen LogP contribution in [-0.2, 0) is 28.6 Å². The Morgan fingerprint density at radius 3 is 2.29 bits per heavy atom. The Labute approximate surface area is 134 Å². The number of hydrogen-bond donors (Lipinski definition) is 0. The summed E-state index contributed by atoms with van der Waals surface area (Å²) in [7, 11) is 0. The van der Waals surface area contributed by atoms with E-state index >= 15 is 0 Å². The maximum absolute atomic E-state index is 11.3. The minimum atomic E-state index is -1.37. The average molecular weight is 339 g/mol. The van der Waals surface area contributed by atoms with Crippen LogP contribution in [0.3, 0.4) is 0 Å². The van der Waals surface area contributed by atoms with Gasteiger partial charge in [0, 0.05) is 23.7 Å². The predicted molar refractivity (Wildman–Crippen MR) is 74.8 cm³/mol. The van der Waals surface area contributed by atoms with Crippen LogP contribution in [0.4, 0.5) is 0 Å². The molecule has 0 radical (unpaired) electrons. The highest BCUT2D eigenvalue weighted by atomic mass is 16.6. The van der Waals surface area contributed by atoms with Crippen LogP contribution in [0.15, 0.2) is 15.2 Å². The summed E-state index contributed by atoms with van der Waals surface area (Å²) in [5.41, 5.74) is 17.2. The van der Waals surface area contributed by atoms with Crippen LogP contribution >= 0.6 is 0 Å². The van der Waals surface area contributed by atoms with Crippen molar-refractivity contribution < 1.29 is 28.6 Å². The summed E-state index contributed by atoms with van der Waals surface area (Å²) >= 11 is 0. The van der Waals surface area contributed by atoms with Crippen LogP contribution in [0, 0.1) is 0 Å². The number of azide groups is 2. The second-order valence-corrected chi connectivity index (χ2v) is 4.54. The fourth-order valence-electron chi connectivity index (χ4n) is 2.18. The van der Waals surface area contributed by atoms with Crippen molar-refractivity contribution in [3.05, 3.63) is 20.9 Å². The zero-order valence-corrected chi connectivity index (χ0v) is 12.7. The number of hydrogen-bond acceptors (Lipinski definition) is 9. The standard InChI is InChI=1S/C11H13N7O6/c1-5(20)22-9-7(3-15-17-12)24-11(14-4-19)10(23-6(2)21)8(9)16-18-13/h7-11H,3H2,1-2H3/t7-,8+,9-,10-,11-/m1/s1. The fraction of sp³-hybridized carbons (Fsp3) is 0.727. The number of carbonyl (C=O) groups excluding carboxylic acids is 3. The lowest BCUT2D eigenvalue weighted by atomic mass is 9.95. The van der Waals surface area contributed by atoms with Gasteiger partial charge in [-0.25, -0.2) is 4.79 Å². The van der Waals surface area contributed by atoms with Gasteiger partial charge in [-0.15, -0.1) is 0 Å². The van der Waals surface area contributed by atoms with E-state index in [-0.39, 0.29) is 6.54 Å². The third kappa shape index (κ3) is 4.97. The summed E-state index contributed by atoms with van der Waals surface area (Å²) in [6.07, 6.45) is -3.74. The third-order valence-electron chi connectivity index (χ3n) is 2.93. The first-order chi connectivity index (χ1) is 11.4. The van der Waals surface area contributed by atoms with Gasteiger partial charge in [0.2, 0.25) is 6.08 Å². The number of esters is 2. The smallest absolute Gasteiger partial charge is 0.303 e. The molecule has 0 spiro atoms. The molecule has 1 heterocycles. The lowest BCUT2D eigenvalue weighted by Crippen LogP contribution is -2.59. The highest BCUT2D eigenvalue weighted by Crippen LogP contribution is 2.29. The van der Waals surface area contributed by atoms with E-state index in [1.54, 1.807) is 0 Å². The molecule has 0 bridgehead atoms. The Balaban J connectivity index is 3.32. The van der Waals surface area contributed by atoms with Crippen molar-refractivity contribution in [2.75, 3.05) is 6.54 Å². The van der Waals surface area contributed by atoms with E-state index < -0.39 is 42.5 Å². The van der Waals surface area contributed by atoms with Crippen molar-refractivity contribution >= 4 is 18.0 Å². The molecule has 1 aliphatic rings. The summed E-state index contributed by atoms with van der Waals surface area (Å²) in [5, 5.41) is 6.77. The van der Waals surface area contributed by atoms with Crippen molar-refractivity contribution in [1.29, 1.82) is 0 Å². The van der Waals surface area contributed by atoms with Gasteiger partial charge >= 0.3 is 11.9 Å². The molecule has 1 rings (SSSR count). The van der Waals surface area contributed by atoms with Crippen molar-refractivity contribution in [3.63, 3.8) is 0 Å². The van der Waals surface area contributed by atoms with Crippen LogP contribution in [-0.4, -0.2) is 55.1 Å². The highest BCUT2D eigenvalue weighted by Gasteiger charge is 2.49. The molecule has 13 heteroatoms. The van der Waals surface area contributed by atoms with Crippen molar-refractivity contribution in [3.8, 4) is 0 Å². The molecule has 128 valence electrons. The van der Waals surface area contributed by atoms with Crippen LogP contribution in [0.5, 0.6) is 0 Å². The molecule has 0 saturated carbocycles. The van der Waals surface area contributed by atoms with E-state index in [0.29, 0.717) is 0 Å². The monoisotopic (exact) mass is 339 g/mol. The first-order valence-corrected chi connectivity index (χ1v) is 6.56. The summed E-state index contributed by atoms with van der Waals surface area (Å²) in [6.45, 7) is 1.89. The first kappa shape index (κ1) is 18.9. The van der Waals surface area contributed by atoms with Gasteiger partial charge in [-0.05, 0) is 11.1 Å². The normalized spacial score (nSPS) is 28.3. The summed E-state index contributed by atoms with van der Waals surface area (Å²) in [5.74, 6) is -1.49. The fourth-order valence-corrected chi connectivity index (χ4v) is 2.18. The molecule has 0 unspecified atom stereocenters. The summed E-state index contributed by atoms with van der Waals surface area (Å²) in [4.78, 5) is 41.7. The molecular formula is C11H13N7O6. The topological polar surface area (TPSA) is 189 Å². The van der Waals surface area contributed by atoms with Gasteiger partial charge in [0.1, 0.15) is 18.2 Å². The van der Waals surface area contributed by atoms with Gasteiger partial charge in [-0.3, -0.25) is 9.59 Å². The molecule has 0 aromatic rings. The second kappa shape index (κ2) is 9.13. The molecule has 1 fully saturated rings. The van der Waals surface area contributed by atoms with E-state index in [9.17, 15) is 14.4 Å². The van der Waals surface area contributed by atoms with E-state index in [1.807, 2.05) is 0 Å². The molecule has 13 nitrogen and oxygen atoms in total. The van der Waals surface area contributed by atoms with Crippen molar-refractivity contribution in [1.82, 2.24) is 0 Å². The molecule has 0 aromatic heterocycles. The molecule has 5 atom stereocenters. The minimum Gasteiger partial charge on any atom is -0.459 e. The maximum atomic E-state index is 11.3. The van der Waals surface area contributed by atoms with Crippen molar-refractivity contribution in [2.45, 2.75) is 44.4 Å². The Morgan fingerprint density at radius 2 is 1.79 bits per heavy atom. The summed E-state index contributed by atoms with van der Waals surface area (Å²) in [6, 6.07) is -1.25. The molecule has 0 aromatic carbocycles. The Bertz CT molecular complexity index is 635. The number of isocyanates is 1. The van der Waals surface area contributed by atoms with Crippen LogP contribution < -0.4 is 0 Å². The van der Waals surface area contributed by atoms with E-state index in [1.165, 1.54) is 6.08 Å². The lowest BCUT2D eigenvalue weighted by Gasteiger charge is -2.41. The minimum absolute atomic E-state index is 0.302. The van der Waals surface area contributed by atoms with E-state index in [0.717, 1.165) is 13.8 Å². The van der Waals surface area contributed by atoms with Gasteiger partial charge in [-0.2, -0.15) is 4.99 Å². The molecule has 0 N–H and O–H groups in total. The first-order valence-electron chi connectivity index (χ1n) is 6.56. The molecule has 0 amide bonds. The number of carbonyl (C=O) groups is 2. The zero-order valence-electron chi connectivity index (χ0n) is 12.7. The van der Waals surface area contributed by atoms with Crippen LogP contribution in [0.2, 0.25) is 0 Å². The number of rotatable bonds is 6. The Kier molecular flexibility index (Phi) is 7.21. The van der Waals surface area contributed by atoms with Crippen molar-refractivity contribution in [2.24, 2.45) is 15.2 Å². The average Bonchev–Trinajstić information content (AvgIpc) is 2.50. The largest absolute Gasteiger partial charge is 0.459 e. The van der Waals surface area contributed by atoms with Crippen LogP contribution in [0.25, 0.3) is 20.9 Å². The van der Waals surface area contributed by atoms with Crippen LogP contribution in [0.1, 0.15) is 13.8 Å². The second-order valence-electron chi connectivity index (χ2n) is 4.54. The Hall–Kier alpha value is -3.10. The molecule has 0 aliphatic carbocycles. The quantitative estimate of drug-likeness (QED) is 0.172. The van der Waals surface area contributed by atoms with Gasteiger partial charge in [-0.1, -0.05) is 10.2 Å². The molecule has 1 aliphatic heterocycles. The SMILES string of the molecule is CC(=O)O[C@@H]1[C@@H](N=[N+]=[N-])[C@H](OC(C)=O)[C@@H](CN=[N+]=[N-])O[C@H]1N=C=O. The van der Waals surface area contributed by atoms with E-state index in [4.69, 9.17) is 25.3 Å². The summed E-state index contributed by atoms with van der Waals surface area (Å²) < 4.78 is 15.5. The van der Waals surface area contributed by atoms with Gasteiger partial charge in [0.15, 0.2) is 12.3 Å². The zero-order chi connectivity index (χ0) is 18.1. The van der Waals surface area contributed by atoms with Gasteiger partial charge < -0.3 is 14.2 Å². The molecule has 1 saturated heterocycles.